The van der Waals surface area contributed by atoms with E-state index in [9.17, 15) is 9.90 Å². The van der Waals surface area contributed by atoms with Crippen molar-refractivity contribution in [2.45, 2.75) is 6.92 Å². The fraction of sp³-hybridized carbons (Fsp3) is 0.167. The molecular weight excluding hydrogens is 271 g/mol. The van der Waals surface area contributed by atoms with Gasteiger partial charge in [-0.2, -0.15) is 5.10 Å². The molecule has 0 N–H and O–H groups in total. The van der Waals surface area contributed by atoms with Crippen LogP contribution in [0.5, 0.6) is 5.88 Å². The predicted molar refractivity (Wildman–Crippen MR) is 64.9 cm³/mol. The van der Waals surface area contributed by atoms with E-state index in [1.165, 1.54) is 6.21 Å². The van der Waals surface area contributed by atoms with Crippen LogP contribution in [0.25, 0.3) is 0 Å². The summed E-state index contributed by atoms with van der Waals surface area (Å²) in [6.07, 6.45) is 1.45. The fourth-order valence-corrected chi connectivity index (χ4v) is 1.33. The first kappa shape index (κ1) is 16.4. The van der Waals surface area contributed by atoms with Crippen LogP contribution >= 0.6 is 0 Å². The summed E-state index contributed by atoms with van der Waals surface area (Å²) in [5.74, 6) is -1.50. The van der Waals surface area contributed by atoms with E-state index in [1.807, 2.05) is 30.3 Å². The van der Waals surface area contributed by atoms with Crippen molar-refractivity contribution in [3.8, 4) is 5.88 Å². The summed E-state index contributed by atoms with van der Waals surface area (Å²) in [5.41, 5.74) is 0.433. The van der Waals surface area contributed by atoms with Crippen molar-refractivity contribution in [1.82, 2.24) is 15.1 Å². The van der Waals surface area contributed by atoms with Crippen molar-refractivity contribution in [3.05, 3.63) is 41.6 Å². The molecule has 0 saturated heterocycles. The van der Waals surface area contributed by atoms with Gasteiger partial charge in [-0.05, 0) is 17.7 Å². The maximum Gasteiger partial charge on any atom is 1.00 e. The first-order chi connectivity index (χ1) is 9.22. The van der Waals surface area contributed by atoms with E-state index in [1.54, 1.807) is 6.92 Å². The molecule has 0 fully saturated rings. The second kappa shape index (κ2) is 7.78. The molecule has 0 unspecified atom stereocenters. The molecule has 98 valence electrons. The Hall–Kier alpha value is -1.70. The van der Waals surface area contributed by atoms with E-state index >= 15 is 0 Å². The van der Waals surface area contributed by atoms with Crippen LogP contribution in [0.2, 0.25) is 0 Å². The summed E-state index contributed by atoms with van der Waals surface area (Å²) in [4.78, 5) is 12.1. The molecule has 1 aromatic carbocycles. The summed E-state index contributed by atoms with van der Waals surface area (Å²) in [5, 5.41) is 22.5. The number of nitrogens with zero attached hydrogens (tertiary/aromatic N) is 4. The molecule has 1 heterocycles. The number of carbonyl (C=O) groups is 1. The Kier molecular flexibility index (Phi) is 6.37. The third kappa shape index (κ3) is 3.89. The summed E-state index contributed by atoms with van der Waals surface area (Å²) in [7, 11) is 0. The topological polar surface area (TPSA) is 92.4 Å². The molecule has 0 bridgehead atoms. The number of ether oxygens (including phenoxy) is 1. The number of hydrogen-bond acceptors (Lipinski definition) is 6. The molecule has 0 aliphatic rings. The van der Waals surface area contributed by atoms with Crippen molar-refractivity contribution >= 4 is 12.2 Å². The standard InChI is InChI=1S/C12H12N4O3.Na/c1-2-19-12(18)10-11(17)16(15-14-10)13-8-9-6-4-3-5-7-9;/h3-8,17H,2H2,1H3;/q;+1/p-1/b13-8-;. The zero-order chi connectivity index (χ0) is 13.7. The monoisotopic (exact) mass is 282 g/mol. The minimum absolute atomic E-state index is 0. The maximum atomic E-state index is 11.7. The number of carbonyl (C=O) groups excluding carboxylic acids is 1. The van der Waals surface area contributed by atoms with Crippen molar-refractivity contribution in [3.63, 3.8) is 0 Å². The molecule has 0 aliphatic heterocycles. The molecule has 8 heteroatoms. The van der Waals surface area contributed by atoms with Gasteiger partial charge in [-0.25, -0.2) is 4.79 Å². The van der Waals surface area contributed by atoms with Gasteiger partial charge >= 0.3 is 35.5 Å². The van der Waals surface area contributed by atoms with Gasteiger partial charge in [0.15, 0.2) is 5.69 Å². The Morgan fingerprint density at radius 2 is 2.15 bits per heavy atom. The normalized spacial score (nSPS) is 10.2. The molecule has 2 rings (SSSR count). The third-order valence-electron chi connectivity index (χ3n) is 2.20. The number of hydrogen-bond donors (Lipinski definition) is 0. The first-order valence-electron chi connectivity index (χ1n) is 5.61. The number of rotatable bonds is 4. The molecule has 0 radical (unpaired) electrons. The van der Waals surface area contributed by atoms with Crippen LogP contribution in [-0.4, -0.2) is 33.9 Å². The van der Waals surface area contributed by atoms with E-state index in [0.717, 1.165) is 10.4 Å². The maximum absolute atomic E-state index is 11.7. The van der Waals surface area contributed by atoms with Crippen molar-refractivity contribution in [1.29, 1.82) is 0 Å². The largest absolute Gasteiger partial charge is 1.00 e. The van der Waals surface area contributed by atoms with Crippen molar-refractivity contribution in [2.24, 2.45) is 5.10 Å². The second-order valence-corrected chi connectivity index (χ2v) is 3.51. The quantitative estimate of drug-likeness (QED) is 0.349. The molecule has 0 aliphatic carbocycles. The van der Waals surface area contributed by atoms with Crippen LogP contribution in [0.15, 0.2) is 35.4 Å². The Balaban J connectivity index is 0.00000200. The van der Waals surface area contributed by atoms with Crippen LogP contribution in [0.4, 0.5) is 0 Å². The zero-order valence-corrected chi connectivity index (χ0v) is 13.2. The van der Waals surface area contributed by atoms with E-state index in [4.69, 9.17) is 0 Å². The summed E-state index contributed by atoms with van der Waals surface area (Å²) >= 11 is 0. The van der Waals surface area contributed by atoms with Gasteiger partial charge in [-0.15, -0.1) is 9.89 Å². The van der Waals surface area contributed by atoms with Gasteiger partial charge in [0, 0.05) is 5.88 Å². The number of esters is 1. The Morgan fingerprint density at radius 3 is 2.80 bits per heavy atom. The van der Waals surface area contributed by atoms with Gasteiger partial charge < -0.3 is 9.84 Å². The molecule has 2 aromatic rings. The number of aromatic nitrogens is 3. The van der Waals surface area contributed by atoms with Crippen LogP contribution < -0.4 is 34.7 Å². The van der Waals surface area contributed by atoms with Gasteiger partial charge in [-0.1, -0.05) is 30.3 Å². The van der Waals surface area contributed by atoms with Crippen LogP contribution in [-0.2, 0) is 4.74 Å². The first-order valence-corrected chi connectivity index (χ1v) is 5.61. The van der Waals surface area contributed by atoms with E-state index in [-0.39, 0.29) is 41.9 Å². The van der Waals surface area contributed by atoms with E-state index in [0.29, 0.717) is 0 Å². The molecule has 0 spiro atoms. The van der Waals surface area contributed by atoms with Gasteiger partial charge in [0.1, 0.15) is 0 Å². The SMILES string of the molecule is CCOC(=O)c1nnn(/N=C\c2ccccc2)c1[O-].[Na+]. The molecule has 0 saturated carbocycles. The molecule has 20 heavy (non-hydrogen) atoms. The Morgan fingerprint density at radius 1 is 1.45 bits per heavy atom. The molecule has 0 amide bonds. The summed E-state index contributed by atoms with van der Waals surface area (Å²) in [6.45, 7) is 1.80. The smallest absolute Gasteiger partial charge is 0.856 e. The van der Waals surface area contributed by atoms with Crippen LogP contribution in [0.3, 0.4) is 0 Å². The van der Waals surface area contributed by atoms with Crippen molar-refractivity contribution in [2.75, 3.05) is 6.61 Å². The van der Waals surface area contributed by atoms with Gasteiger partial charge in [0.05, 0.1) is 12.8 Å². The number of benzene rings is 1. The summed E-state index contributed by atoms with van der Waals surface area (Å²) in [6, 6.07) is 9.18. The summed E-state index contributed by atoms with van der Waals surface area (Å²) < 4.78 is 4.68. The Bertz CT molecular complexity index is 598. The van der Waals surface area contributed by atoms with Crippen LogP contribution in [0.1, 0.15) is 23.0 Å². The average Bonchev–Trinajstić information content (AvgIpc) is 2.79. The molecule has 7 nitrogen and oxygen atoms in total. The molecule has 1 aromatic heterocycles. The van der Waals surface area contributed by atoms with E-state index < -0.39 is 11.8 Å². The second-order valence-electron chi connectivity index (χ2n) is 3.51. The molecule has 0 atom stereocenters. The average molecular weight is 282 g/mol. The van der Waals surface area contributed by atoms with E-state index in [2.05, 4.69) is 20.2 Å². The predicted octanol–water partition coefficient (Wildman–Crippen LogP) is -2.59. The molecular formula is C12H11N4NaO3. The van der Waals surface area contributed by atoms with Crippen LogP contribution in [0, 0.1) is 0 Å². The fourth-order valence-electron chi connectivity index (χ4n) is 1.33. The van der Waals surface area contributed by atoms with Gasteiger partial charge in [0.2, 0.25) is 0 Å². The van der Waals surface area contributed by atoms with Gasteiger partial charge in [0.25, 0.3) is 0 Å². The minimum Gasteiger partial charge on any atom is -0.856 e. The van der Waals surface area contributed by atoms with Gasteiger partial charge in [-0.3, -0.25) is 0 Å². The Labute approximate surface area is 137 Å². The minimum atomic E-state index is -0.798. The third-order valence-corrected chi connectivity index (χ3v) is 2.20. The van der Waals surface area contributed by atoms with Crippen molar-refractivity contribution < 1.29 is 44.2 Å². The zero-order valence-electron chi connectivity index (χ0n) is 11.2.